The third-order valence-corrected chi connectivity index (χ3v) is 6.03. The second kappa shape index (κ2) is 10.1. The molecule has 10 heteroatoms. The van der Waals surface area contributed by atoms with Gasteiger partial charge in [-0.1, -0.05) is 17.7 Å². The predicted molar refractivity (Wildman–Crippen MR) is 134 cm³/mol. The van der Waals surface area contributed by atoms with Crippen LogP contribution >= 0.6 is 11.6 Å². The Labute approximate surface area is 216 Å². The van der Waals surface area contributed by atoms with E-state index in [-0.39, 0.29) is 12.5 Å². The Kier molecular flexibility index (Phi) is 7.74. The summed E-state index contributed by atoms with van der Waals surface area (Å²) < 4.78 is 12.5. The molecule has 2 unspecified atom stereocenters. The molecular formula is C26H34ClN3O6. The van der Waals surface area contributed by atoms with Gasteiger partial charge >= 0.3 is 18.2 Å². The second-order valence-corrected chi connectivity index (χ2v) is 11.5. The summed E-state index contributed by atoms with van der Waals surface area (Å²) in [6.07, 6.45) is 3.01. The predicted octanol–water partition coefficient (Wildman–Crippen LogP) is 5.82. The summed E-state index contributed by atoms with van der Waals surface area (Å²) >= 11 is 6.08. The molecular weight excluding hydrogens is 486 g/mol. The molecule has 1 aromatic carbocycles. The number of rotatable bonds is 7. The van der Waals surface area contributed by atoms with Crippen molar-refractivity contribution in [1.29, 1.82) is 0 Å². The molecule has 1 saturated carbocycles. The first-order chi connectivity index (χ1) is 16.6. The van der Waals surface area contributed by atoms with Gasteiger partial charge in [-0.05, 0) is 84.9 Å². The van der Waals surface area contributed by atoms with E-state index in [4.69, 9.17) is 21.1 Å². The number of nitrogens with zero attached hydrogens (tertiary/aromatic N) is 3. The molecule has 1 aliphatic rings. The van der Waals surface area contributed by atoms with Crippen LogP contribution in [0.5, 0.6) is 0 Å². The fraction of sp³-hybridized carbons (Fsp3) is 0.538. The number of carboxylic acids is 1. The van der Waals surface area contributed by atoms with Crippen LogP contribution in [0.15, 0.2) is 36.8 Å². The van der Waals surface area contributed by atoms with Gasteiger partial charge in [0.1, 0.15) is 16.6 Å². The van der Waals surface area contributed by atoms with Gasteiger partial charge in [0.15, 0.2) is 0 Å². The summed E-state index contributed by atoms with van der Waals surface area (Å²) in [5, 5.41) is 10.6. The summed E-state index contributed by atoms with van der Waals surface area (Å²) in [5.74, 6) is -1.13. The highest BCUT2D eigenvalue weighted by atomic mass is 35.5. The largest absolute Gasteiger partial charge is 0.481 e. The van der Waals surface area contributed by atoms with Crippen molar-refractivity contribution >= 4 is 29.8 Å². The van der Waals surface area contributed by atoms with Crippen molar-refractivity contribution in [2.24, 2.45) is 5.92 Å². The number of ether oxygens (including phenoxy) is 2. The number of imide groups is 1. The maximum Gasteiger partial charge on any atom is 0.419 e. The quantitative estimate of drug-likeness (QED) is 0.490. The molecule has 2 atom stereocenters. The van der Waals surface area contributed by atoms with Gasteiger partial charge in [-0.2, -0.15) is 0 Å². The molecule has 1 heterocycles. The van der Waals surface area contributed by atoms with E-state index >= 15 is 0 Å². The first-order valence-corrected chi connectivity index (χ1v) is 12.3. The Morgan fingerprint density at radius 1 is 1.14 bits per heavy atom. The van der Waals surface area contributed by atoms with E-state index in [0.717, 1.165) is 10.6 Å². The molecule has 9 nitrogen and oxygen atoms in total. The van der Waals surface area contributed by atoms with Gasteiger partial charge in [0, 0.05) is 23.5 Å². The number of amides is 2. The maximum atomic E-state index is 12.7. The summed E-state index contributed by atoms with van der Waals surface area (Å²) in [6.45, 7) is 10.3. The Morgan fingerprint density at radius 3 is 2.28 bits per heavy atom. The number of aromatic nitrogens is 2. The minimum absolute atomic E-state index is 0.0486. The Balaban J connectivity index is 1.69. The lowest BCUT2D eigenvalue weighted by Gasteiger charge is -2.28. The number of benzene rings is 1. The molecule has 0 aliphatic heterocycles. The van der Waals surface area contributed by atoms with Crippen molar-refractivity contribution in [3.05, 3.63) is 47.5 Å². The second-order valence-electron chi connectivity index (χ2n) is 11.1. The van der Waals surface area contributed by atoms with Crippen LogP contribution in [0.25, 0.3) is 5.69 Å². The summed E-state index contributed by atoms with van der Waals surface area (Å²) in [4.78, 5) is 43.0. The molecule has 196 valence electrons. The van der Waals surface area contributed by atoms with Crippen molar-refractivity contribution < 1.29 is 29.0 Å². The highest BCUT2D eigenvalue weighted by Crippen LogP contribution is 2.56. The van der Waals surface area contributed by atoms with Gasteiger partial charge < -0.3 is 19.1 Å². The van der Waals surface area contributed by atoms with Gasteiger partial charge in [-0.15, -0.1) is 0 Å². The third-order valence-electron chi connectivity index (χ3n) is 5.79. The van der Waals surface area contributed by atoms with Crippen LogP contribution in [0.3, 0.4) is 0 Å². The molecule has 1 N–H and O–H groups in total. The van der Waals surface area contributed by atoms with E-state index in [1.54, 1.807) is 70.8 Å². The molecule has 36 heavy (non-hydrogen) atoms. The normalized spacial score (nSPS) is 19.5. The summed E-state index contributed by atoms with van der Waals surface area (Å²) in [5.41, 5.74) is -1.42. The van der Waals surface area contributed by atoms with Crippen molar-refractivity contribution in [2.75, 3.05) is 6.54 Å². The minimum atomic E-state index is -1.10. The Bertz CT molecular complexity index is 1110. The molecule has 1 fully saturated rings. The van der Waals surface area contributed by atoms with Crippen molar-refractivity contribution in [1.82, 2.24) is 14.5 Å². The maximum absolute atomic E-state index is 12.7. The van der Waals surface area contributed by atoms with E-state index in [9.17, 15) is 19.5 Å². The Morgan fingerprint density at radius 2 is 1.75 bits per heavy atom. The number of hydrogen-bond acceptors (Lipinski definition) is 6. The number of aliphatic carboxylic acids is 1. The van der Waals surface area contributed by atoms with E-state index in [1.807, 2.05) is 12.1 Å². The van der Waals surface area contributed by atoms with Crippen molar-refractivity contribution in [2.45, 2.75) is 77.4 Å². The topological polar surface area (TPSA) is 111 Å². The summed E-state index contributed by atoms with van der Waals surface area (Å²) in [6, 6.07) is 7.20. The summed E-state index contributed by atoms with van der Waals surface area (Å²) in [7, 11) is 0. The molecule has 3 rings (SSSR count). The zero-order valence-corrected chi connectivity index (χ0v) is 22.3. The zero-order valence-electron chi connectivity index (χ0n) is 21.6. The first-order valence-electron chi connectivity index (χ1n) is 11.9. The fourth-order valence-corrected chi connectivity index (χ4v) is 4.27. The van der Waals surface area contributed by atoms with Crippen LogP contribution in [0.1, 0.15) is 66.5 Å². The van der Waals surface area contributed by atoms with Gasteiger partial charge in [0.05, 0.1) is 12.0 Å². The van der Waals surface area contributed by atoms with Crippen LogP contribution in [0.4, 0.5) is 9.59 Å². The lowest BCUT2D eigenvalue weighted by Crippen LogP contribution is -2.44. The number of hydrogen-bond donors (Lipinski definition) is 1. The number of halogens is 1. The molecule has 1 aromatic heterocycles. The van der Waals surface area contributed by atoms with Crippen LogP contribution in [0, 0.1) is 5.92 Å². The highest BCUT2D eigenvalue weighted by molar-refractivity contribution is 6.30. The molecule has 0 radical (unpaired) electrons. The SMILES string of the molecule is CC(C)(C)OC(=O)N(CCCC1CC1(C(=O)O)c1cn(-c2cccc(Cl)c2)cn1)C(=O)OC(C)(C)C. The lowest BCUT2D eigenvalue weighted by atomic mass is 9.97. The van der Waals surface area contributed by atoms with Crippen molar-refractivity contribution in [3.8, 4) is 5.69 Å². The average molecular weight is 520 g/mol. The van der Waals surface area contributed by atoms with Gasteiger partial charge in [-0.25, -0.2) is 19.5 Å². The van der Waals surface area contributed by atoms with E-state index < -0.39 is 34.8 Å². The van der Waals surface area contributed by atoms with Gasteiger partial charge in [0.2, 0.25) is 0 Å². The molecule has 0 spiro atoms. The zero-order chi connectivity index (χ0) is 26.9. The number of carbonyl (C=O) groups excluding carboxylic acids is 2. The first kappa shape index (κ1) is 27.5. The third kappa shape index (κ3) is 6.57. The standard InChI is InChI=1S/C26H34ClN3O6/c1-24(2,3)35-22(33)30(23(34)36-25(4,5)6)12-8-9-17-14-26(17,21(31)32)20-15-29(16-28-20)19-11-7-10-18(27)13-19/h7,10-11,13,15-17H,8-9,12,14H2,1-6H3,(H,31,32). The van der Waals surface area contributed by atoms with E-state index in [0.29, 0.717) is 30.0 Å². The highest BCUT2D eigenvalue weighted by Gasteiger charge is 2.62. The Hall–Kier alpha value is -3.07. The molecule has 0 saturated heterocycles. The fourth-order valence-electron chi connectivity index (χ4n) is 4.08. The van der Waals surface area contributed by atoms with Crippen LogP contribution in [0.2, 0.25) is 5.02 Å². The molecule has 2 amide bonds. The molecule has 1 aliphatic carbocycles. The number of carboxylic acid groups (broad SMARTS) is 1. The van der Waals surface area contributed by atoms with Gasteiger partial charge in [0.25, 0.3) is 0 Å². The average Bonchev–Trinajstić information content (AvgIpc) is 3.24. The monoisotopic (exact) mass is 519 g/mol. The minimum Gasteiger partial charge on any atom is -0.481 e. The van der Waals surface area contributed by atoms with Crippen LogP contribution < -0.4 is 0 Å². The lowest BCUT2D eigenvalue weighted by molar-refractivity contribution is -0.140. The number of imidazole rings is 1. The molecule has 2 aromatic rings. The van der Waals surface area contributed by atoms with Crippen molar-refractivity contribution in [3.63, 3.8) is 0 Å². The van der Waals surface area contributed by atoms with E-state index in [1.165, 1.54) is 0 Å². The smallest absolute Gasteiger partial charge is 0.419 e. The van der Waals surface area contributed by atoms with Crippen LogP contribution in [-0.2, 0) is 19.7 Å². The number of carbonyl (C=O) groups is 3. The van der Waals surface area contributed by atoms with E-state index in [2.05, 4.69) is 4.98 Å². The van der Waals surface area contributed by atoms with Crippen LogP contribution in [-0.4, -0.2) is 55.5 Å². The van der Waals surface area contributed by atoms with Gasteiger partial charge in [-0.3, -0.25) is 4.79 Å². The molecule has 0 bridgehead atoms.